The van der Waals surface area contributed by atoms with E-state index in [0.717, 1.165) is 24.5 Å². The molecule has 2 aromatic rings. The summed E-state index contributed by atoms with van der Waals surface area (Å²) in [4.78, 5) is 2.48. The monoisotopic (exact) mass is 283 g/mol. The average Bonchev–Trinajstić information content (AvgIpc) is 3.02. The molecule has 2 bridgehead atoms. The Bertz CT molecular complexity index is 624. The second-order valence-corrected chi connectivity index (χ2v) is 5.97. The van der Waals surface area contributed by atoms with E-state index < -0.39 is 0 Å². The number of ether oxygens (including phenoxy) is 1. The van der Waals surface area contributed by atoms with Crippen LogP contribution in [0.15, 0.2) is 24.3 Å². The number of nitrogens with zero attached hydrogens (tertiary/aromatic N) is 2. The van der Waals surface area contributed by atoms with Crippen LogP contribution in [0.25, 0.3) is 11.3 Å². The maximum atomic E-state index is 5.65. The lowest BCUT2D eigenvalue weighted by Crippen LogP contribution is -2.38. The molecule has 0 unspecified atom stereocenters. The summed E-state index contributed by atoms with van der Waals surface area (Å²) in [5, 5.41) is 7.88. The highest BCUT2D eigenvalue weighted by Gasteiger charge is 2.35. The van der Waals surface area contributed by atoms with Crippen molar-refractivity contribution in [3.63, 3.8) is 0 Å². The number of anilines is 1. The fourth-order valence-corrected chi connectivity index (χ4v) is 3.48. The molecule has 0 amide bonds. The summed E-state index contributed by atoms with van der Waals surface area (Å²) >= 11 is 0. The topological polar surface area (TPSA) is 41.1 Å². The fraction of sp³-hybridized carbons (Fsp3) is 0.471. The van der Waals surface area contributed by atoms with Crippen LogP contribution >= 0.6 is 0 Å². The molecule has 0 spiro atoms. The lowest BCUT2D eigenvalue weighted by atomic mass is 9.86. The summed E-state index contributed by atoms with van der Waals surface area (Å²) in [7, 11) is 0. The molecule has 110 valence electrons. The van der Waals surface area contributed by atoms with Gasteiger partial charge in [0, 0.05) is 24.6 Å². The van der Waals surface area contributed by atoms with Gasteiger partial charge in [0.1, 0.15) is 11.4 Å². The summed E-state index contributed by atoms with van der Waals surface area (Å²) < 4.78 is 5.65. The lowest BCUT2D eigenvalue weighted by molar-refractivity contribution is 0.317. The predicted octanol–water partition coefficient (Wildman–Crippen LogP) is 3.56. The van der Waals surface area contributed by atoms with Crippen molar-refractivity contribution in [2.75, 3.05) is 24.6 Å². The van der Waals surface area contributed by atoms with Gasteiger partial charge in [-0.05, 0) is 43.5 Å². The number of aromatic nitrogens is 2. The van der Waals surface area contributed by atoms with Gasteiger partial charge in [0.25, 0.3) is 0 Å². The Balaban J connectivity index is 1.65. The van der Waals surface area contributed by atoms with Gasteiger partial charge in [-0.25, -0.2) is 0 Å². The minimum Gasteiger partial charge on any atom is -0.494 e. The molecule has 0 saturated carbocycles. The van der Waals surface area contributed by atoms with Gasteiger partial charge in [-0.3, -0.25) is 5.10 Å². The SMILES string of the molecule is CCCOc1ccc(-c2n[nH]c3c2N2CCC3CC2)cc1. The van der Waals surface area contributed by atoms with Crippen molar-refractivity contribution in [3.05, 3.63) is 30.0 Å². The highest BCUT2D eigenvalue weighted by molar-refractivity contribution is 5.79. The van der Waals surface area contributed by atoms with Gasteiger partial charge in [-0.2, -0.15) is 5.10 Å². The maximum absolute atomic E-state index is 5.65. The molecule has 1 saturated heterocycles. The van der Waals surface area contributed by atoms with Crippen molar-refractivity contribution >= 4 is 5.69 Å². The van der Waals surface area contributed by atoms with Gasteiger partial charge >= 0.3 is 0 Å². The van der Waals surface area contributed by atoms with Crippen LogP contribution in [0.4, 0.5) is 5.69 Å². The summed E-state index contributed by atoms with van der Waals surface area (Å²) in [6.45, 7) is 5.23. The molecule has 4 nitrogen and oxygen atoms in total. The van der Waals surface area contributed by atoms with Crippen molar-refractivity contribution in [1.82, 2.24) is 10.2 Å². The third kappa shape index (κ3) is 2.09. The van der Waals surface area contributed by atoms with Crippen molar-refractivity contribution < 1.29 is 4.74 Å². The van der Waals surface area contributed by atoms with Crippen LogP contribution in [-0.2, 0) is 0 Å². The first-order chi connectivity index (χ1) is 10.4. The minimum absolute atomic E-state index is 0.679. The van der Waals surface area contributed by atoms with Crippen molar-refractivity contribution in [2.45, 2.75) is 32.1 Å². The number of fused-ring (bicyclic) bond motifs is 2. The quantitative estimate of drug-likeness (QED) is 0.932. The van der Waals surface area contributed by atoms with Crippen molar-refractivity contribution in [2.24, 2.45) is 0 Å². The molecular weight excluding hydrogens is 262 g/mol. The van der Waals surface area contributed by atoms with Crippen LogP contribution in [0.1, 0.15) is 37.8 Å². The standard InChI is InChI=1S/C17H21N3O/c1-2-11-21-14-5-3-12(4-6-14)15-17-16(19-18-15)13-7-9-20(17)10-8-13/h3-6,13H,2,7-11H2,1H3,(H,18,19). The average molecular weight is 283 g/mol. The highest BCUT2D eigenvalue weighted by atomic mass is 16.5. The maximum Gasteiger partial charge on any atom is 0.119 e. The lowest BCUT2D eigenvalue weighted by Gasteiger charge is -2.40. The Labute approximate surface area is 125 Å². The van der Waals surface area contributed by atoms with E-state index in [1.807, 2.05) is 12.1 Å². The smallest absolute Gasteiger partial charge is 0.119 e. The Hall–Kier alpha value is -1.97. The molecule has 0 aliphatic carbocycles. The molecule has 1 fully saturated rings. The van der Waals surface area contributed by atoms with Crippen LogP contribution in [0, 0.1) is 0 Å². The van der Waals surface area contributed by atoms with E-state index in [2.05, 4.69) is 34.2 Å². The number of nitrogens with one attached hydrogen (secondary N) is 1. The molecule has 1 aromatic carbocycles. The van der Waals surface area contributed by atoms with Crippen molar-refractivity contribution in [1.29, 1.82) is 0 Å². The molecule has 1 aromatic heterocycles. The molecule has 5 rings (SSSR count). The number of H-pyrrole nitrogens is 1. The van der Waals surface area contributed by atoms with Crippen molar-refractivity contribution in [3.8, 4) is 17.0 Å². The first-order valence-corrected chi connectivity index (χ1v) is 7.93. The van der Waals surface area contributed by atoms with Crippen LogP contribution in [0.3, 0.4) is 0 Å². The minimum atomic E-state index is 0.679. The van der Waals surface area contributed by atoms with Gasteiger partial charge in [0.2, 0.25) is 0 Å². The van der Waals surface area contributed by atoms with E-state index in [1.54, 1.807) is 0 Å². The number of rotatable bonds is 4. The first kappa shape index (κ1) is 12.7. The number of hydrogen-bond donors (Lipinski definition) is 1. The molecule has 21 heavy (non-hydrogen) atoms. The second kappa shape index (κ2) is 5.10. The zero-order chi connectivity index (χ0) is 14.2. The summed E-state index contributed by atoms with van der Waals surface area (Å²) in [6, 6.07) is 8.32. The van der Waals surface area contributed by atoms with E-state index in [1.165, 1.54) is 42.9 Å². The van der Waals surface area contributed by atoms with E-state index in [4.69, 9.17) is 4.74 Å². The Morgan fingerprint density at radius 2 is 2.00 bits per heavy atom. The van der Waals surface area contributed by atoms with Crippen LogP contribution in [0.5, 0.6) is 5.75 Å². The molecule has 4 heteroatoms. The Morgan fingerprint density at radius 3 is 2.71 bits per heavy atom. The molecule has 3 aliphatic heterocycles. The van der Waals surface area contributed by atoms with E-state index >= 15 is 0 Å². The van der Waals surface area contributed by atoms with Gasteiger partial charge in [0.15, 0.2) is 0 Å². The molecular formula is C17H21N3O. The number of benzene rings is 1. The zero-order valence-electron chi connectivity index (χ0n) is 12.4. The first-order valence-electron chi connectivity index (χ1n) is 7.93. The number of piperidine rings is 1. The molecule has 4 heterocycles. The Kier molecular flexibility index (Phi) is 3.09. The zero-order valence-corrected chi connectivity index (χ0v) is 12.4. The van der Waals surface area contributed by atoms with Gasteiger partial charge in [-0.1, -0.05) is 6.92 Å². The number of hydrogen-bond acceptors (Lipinski definition) is 3. The van der Waals surface area contributed by atoms with Gasteiger partial charge in [-0.15, -0.1) is 0 Å². The highest BCUT2D eigenvalue weighted by Crippen LogP contribution is 2.45. The van der Waals surface area contributed by atoms with Gasteiger partial charge < -0.3 is 9.64 Å². The fourth-order valence-electron chi connectivity index (χ4n) is 3.48. The molecule has 0 radical (unpaired) electrons. The number of aromatic amines is 1. The largest absolute Gasteiger partial charge is 0.494 e. The molecule has 0 atom stereocenters. The van der Waals surface area contributed by atoms with E-state index in [-0.39, 0.29) is 0 Å². The van der Waals surface area contributed by atoms with Crippen LogP contribution in [-0.4, -0.2) is 29.9 Å². The summed E-state index contributed by atoms with van der Waals surface area (Å²) in [5.74, 6) is 1.62. The van der Waals surface area contributed by atoms with Crippen LogP contribution in [0.2, 0.25) is 0 Å². The van der Waals surface area contributed by atoms with Crippen LogP contribution < -0.4 is 9.64 Å². The third-order valence-corrected chi connectivity index (χ3v) is 4.59. The Morgan fingerprint density at radius 1 is 1.24 bits per heavy atom. The normalized spacial score (nSPS) is 17.1. The van der Waals surface area contributed by atoms with E-state index in [9.17, 15) is 0 Å². The predicted molar refractivity (Wildman–Crippen MR) is 84.0 cm³/mol. The molecule has 1 N–H and O–H groups in total. The second-order valence-electron chi connectivity index (χ2n) is 5.97. The third-order valence-electron chi connectivity index (χ3n) is 4.59. The van der Waals surface area contributed by atoms with Gasteiger partial charge in [0.05, 0.1) is 18.0 Å². The van der Waals surface area contributed by atoms with E-state index in [0.29, 0.717) is 5.92 Å². The summed E-state index contributed by atoms with van der Waals surface area (Å²) in [5.41, 5.74) is 4.94. The summed E-state index contributed by atoms with van der Waals surface area (Å²) in [6.07, 6.45) is 3.56. The molecule has 3 aliphatic rings.